The molecule has 0 unspecified atom stereocenters. The molecule has 0 atom stereocenters. The van der Waals surface area contributed by atoms with Crippen LogP contribution in [0.4, 0.5) is 11.5 Å². The lowest BCUT2D eigenvalue weighted by molar-refractivity contribution is -0.113. The van der Waals surface area contributed by atoms with E-state index in [0.29, 0.717) is 20.4 Å². The minimum Gasteiger partial charge on any atom is -0.497 e. The Hall–Kier alpha value is -1.52. The quantitative estimate of drug-likeness (QED) is 0.464. The lowest BCUT2D eigenvalue weighted by atomic mass is 10.3. The SMILES string of the molecule is COc1cc(Br)c(NC(=O)CSc2nc(N)cc(=O)[nH]2)c(Br)c1. The zero-order chi connectivity index (χ0) is 17.0. The molecule has 0 bridgehead atoms. The summed E-state index contributed by atoms with van der Waals surface area (Å²) in [7, 11) is 1.56. The van der Waals surface area contributed by atoms with Crippen molar-refractivity contribution < 1.29 is 9.53 Å². The third-order valence-electron chi connectivity index (χ3n) is 2.60. The number of H-pyrrole nitrogens is 1. The molecule has 1 heterocycles. The van der Waals surface area contributed by atoms with Gasteiger partial charge in [-0.1, -0.05) is 11.8 Å². The summed E-state index contributed by atoms with van der Waals surface area (Å²) in [5.41, 5.74) is 5.72. The maximum absolute atomic E-state index is 12.1. The summed E-state index contributed by atoms with van der Waals surface area (Å²) in [6.07, 6.45) is 0. The second kappa shape index (κ2) is 7.84. The average Bonchev–Trinajstić information content (AvgIpc) is 2.47. The van der Waals surface area contributed by atoms with Crippen molar-refractivity contribution >= 4 is 61.0 Å². The Bertz CT molecular complexity index is 774. The van der Waals surface area contributed by atoms with Gasteiger partial charge in [0.25, 0.3) is 5.56 Å². The van der Waals surface area contributed by atoms with Crippen LogP contribution >= 0.6 is 43.6 Å². The molecule has 7 nitrogen and oxygen atoms in total. The Balaban J connectivity index is 2.04. The highest BCUT2D eigenvalue weighted by molar-refractivity contribution is 9.11. The number of carbonyl (C=O) groups is 1. The van der Waals surface area contributed by atoms with Gasteiger partial charge in [-0.15, -0.1) is 0 Å². The van der Waals surface area contributed by atoms with E-state index in [2.05, 4.69) is 47.1 Å². The first kappa shape index (κ1) is 17.8. The van der Waals surface area contributed by atoms with Gasteiger partial charge in [0.05, 0.1) is 18.6 Å². The molecular weight excluding hydrogens is 452 g/mol. The van der Waals surface area contributed by atoms with Gasteiger partial charge in [0, 0.05) is 15.0 Å². The fourth-order valence-corrected chi connectivity index (χ4v) is 3.64. The number of hydrogen-bond acceptors (Lipinski definition) is 6. The number of carbonyl (C=O) groups excluding carboxylic acids is 1. The summed E-state index contributed by atoms with van der Waals surface area (Å²) in [5.74, 6) is 0.568. The second-order valence-corrected chi connectivity index (χ2v) is 6.95. The number of ether oxygens (including phenoxy) is 1. The van der Waals surface area contributed by atoms with Crippen molar-refractivity contribution in [3.63, 3.8) is 0 Å². The van der Waals surface area contributed by atoms with Crippen molar-refractivity contribution in [2.75, 3.05) is 23.9 Å². The molecule has 0 fully saturated rings. The van der Waals surface area contributed by atoms with E-state index in [1.54, 1.807) is 19.2 Å². The molecule has 0 saturated heterocycles. The Morgan fingerprint density at radius 2 is 2.04 bits per heavy atom. The van der Waals surface area contributed by atoms with Crippen LogP contribution in [0.3, 0.4) is 0 Å². The van der Waals surface area contributed by atoms with Crippen LogP contribution in [-0.2, 0) is 4.79 Å². The zero-order valence-corrected chi connectivity index (χ0v) is 15.8. The number of anilines is 2. The fourth-order valence-electron chi connectivity index (χ4n) is 1.62. The molecular formula is C13H12Br2N4O3S. The van der Waals surface area contributed by atoms with Crippen LogP contribution in [0.25, 0.3) is 0 Å². The van der Waals surface area contributed by atoms with Crippen molar-refractivity contribution in [2.24, 2.45) is 0 Å². The fraction of sp³-hybridized carbons (Fsp3) is 0.154. The van der Waals surface area contributed by atoms with Crippen LogP contribution in [0, 0.1) is 0 Å². The molecule has 122 valence electrons. The molecule has 1 amide bonds. The van der Waals surface area contributed by atoms with E-state index in [1.165, 1.54) is 6.07 Å². The third kappa shape index (κ3) is 4.98. The number of methoxy groups -OCH3 is 1. The number of nitrogens with zero attached hydrogens (tertiary/aromatic N) is 1. The summed E-state index contributed by atoms with van der Waals surface area (Å²) in [4.78, 5) is 29.8. The third-order valence-corrected chi connectivity index (χ3v) is 4.72. The van der Waals surface area contributed by atoms with Crippen LogP contribution < -0.4 is 21.3 Å². The van der Waals surface area contributed by atoms with E-state index in [4.69, 9.17) is 10.5 Å². The van der Waals surface area contributed by atoms with Gasteiger partial charge >= 0.3 is 0 Å². The Morgan fingerprint density at radius 3 is 2.61 bits per heavy atom. The van der Waals surface area contributed by atoms with Crippen molar-refractivity contribution in [3.05, 3.63) is 37.5 Å². The standard InChI is InChI=1S/C13H12Br2N4O3S/c1-22-6-2-7(14)12(8(15)3-6)18-11(21)5-23-13-17-9(16)4-10(20)19-13/h2-4H,5H2,1H3,(H,18,21)(H3,16,17,19,20). The number of benzene rings is 1. The van der Waals surface area contributed by atoms with E-state index >= 15 is 0 Å². The van der Waals surface area contributed by atoms with Crippen LogP contribution in [0.5, 0.6) is 5.75 Å². The highest BCUT2D eigenvalue weighted by Gasteiger charge is 2.12. The minimum absolute atomic E-state index is 0.0668. The molecule has 4 N–H and O–H groups in total. The molecule has 23 heavy (non-hydrogen) atoms. The normalized spacial score (nSPS) is 10.4. The first-order valence-corrected chi connectivity index (χ1v) is 8.78. The van der Waals surface area contributed by atoms with Crippen molar-refractivity contribution in [3.8, 4) is 5.75 Å². The van der Waals surface area contributed by atoms with E-state index in [9.17, 15) is 9.59 Å². The van der Waals surface area contributed by atoms with Gasteiger partial charge < -0.3 is 20.8 Å². The Morgan fingerprint density at radius 1 is 1.39 bits per heavy atom. The second-order valence-electron chi connectivity index (χ2n) is 4.28. The summed E-state index contributed by atoms with van der Waals surface area (Å²) in [6, 6.07) is 4.66. The number of halogens is 2. The topological polar surface area (TPSA) is 110 Å². The number of nitrogens with one attached hydrogen (secondary N) is 2. The predicted molar refractivity (Wildman–Crippen MR) is 97.0 cm³/mol. The zero-order valence-electron chi connectivity index (χ0n) is 11.9. The summed E-state index contributed by atoms with van der Waals surface area (Å²) in [5, 5.41) is 3.06. The first-order chi connectivity index (χ1) is 10.9. The van der Waals surface area contributed by atoms with E-state index in [1.807, 2.05) is 0 Å². The maximum Gasteiger partial charge on any atom is 0.253 e. The number of hydrogen-bond donors (Lipinski definition) is 3. The highest BCUT2D eigenvalue weighted by atomic mass is 79.9. The van der Waals surface area contributed by atoms with Gasteiger partial charge in [0.15, 0.2) is 5.16 Å². The van der Waals surface area contributed by atoms with Gasteiger partial charge in [-0.25, -0.2) is 4.98 Å². The molecule has 0 aliphatic heterocycles. The molecule has 0 radical (unpaired) electrons. The number of nitrogens with two attached hydrogens (primary N) is 1. The lowest BCUT2D eigenvalue weighted by Gasteiger charge is -2.11. The first-order valence-electron chi connectivity index (χ1n) is 6.21. The monoisotopic (exact) mass is 462 g/mol. The molecule has 2 rings (SSSR count). The number of aromatic nitrogens is 2. The molecule has 1 aromatic carbocycles. The molecule has 0 saturated carbocycles. The van der Waals surface area contributed by atoms with Gasteiger partial charge in [-0.05, 0) is 44.0 Å². The molecule has 2 aromatic rings. The smallest absolute Gasteiger partial charge is 0.253 e. The van der Waals surface area contributed by atoms with Gasteiger partial charge in [0.2, 0.25) is 5.91 Å². The molecule has 1 aromatic heterocycles. The average molecular weight is 464 g/mol. The number of rotatable bonds is 5. The van der Waals surface area contributed by atoms with Crippen molar-refractivity contribution in [2.45, 2.75) is 5.16 Å². The van der Waals surface area contributed by atoms with Gasteiger partial charge in [-0.3, -0.25) is 9.59 Å². The molecule has 10 heteroatoms. The molecule has 0 spiro atoms. The number of amides is 1. The predicted octanol–water partition coefficient (Wildman–Crippen LogP) is 2.62. The largest absolute Gasteiger partial charge is 0.497 e. The van der Waals surface area contributed by atoms with Gasteiger partial charge in [0.1, 0.15) is 11.6 Å². The van der Waals surface area contributed by atoms with Crippen LogP contribution in [0.2, 0.25) is 0 Å². The van der Waals surface area contributed by atoms with Crippen LogP contribution in [0.1, 0.15) is 0 Å². The Kier molecular flexibility index (Phi) is 6.08. The van der Waals surface area contributed by atoms with Crippen LogP contribution in [0.15, 0.2) is 37.1 Å². The van der Waals surface area contributed by atoms with Crippen molar-refractivity contribution in [1.82, 2.24) is 9.97 Å². The maximum atomic E-state index is 12.1. The van der Waals surface area contributed by atoms with E-state index in [0.717, 1.165) is 11.8 Å². The summed E-state index contributed by atoms with van der Waals surface area (Å²) in [6.45, 7) is 0. The van der Waals surface area contributed by atoms with E-state index < -0.39 is 0 Å². The lowest BCUT2D eigenvalue weighted by Crippen LogP contribution is -2.16. The molecule has 0 aliphatic carbocycles. The minimum atomic E-state index is -0.360. The summed E-state index contributed by atoms with van der Waals surface area (Å²) >= 11 is 7.83. The highest BCUT2D eigenvalue weighted by Crippen LogP contribution is 2.35. The van der Waals surface area contributed by atoms with Gasteiger partial charge in [-0.2, -0.15) is 0 Å². The number of aromatic amines is 1. The van der Waals surface area contributed by atoms with Crippen LogP contribution in [-0.4, -0.2) is 28.7 Å². The van der Waals surface area contributed by atoms with Crippen molar-refractivity contribution in [1.29, 1.82) is 0 Å². The number of thioether (sulfide) groups is 1. The Labute approximate surface area is 152 Å². The number of nitrogen functional groups attached to an aromatic ring is 1. The van der Waals surface area contributed by atoms with E-state index in [-0.39, 0.29) is 28.2 Å². The summed E-state index contributed by atoms with van der Waals surface area (Å²) < 4.78 is 6.49. The molecule has 0 aliphatic rings.